The summed E-state index contributed by atoms with van der Waals surface area (Å²) in [4.78, 5) is 14.1. The molecule has 19 heavy (non-hydrogen) atoms. The summed E-state index contributed by atoms with van der Waals surface area (Å²) in [7, 11) is 0. The van der Waals surface area contributed by atoms with Crippen LogP contribution in [-0.4, -0.2) is 12.8 Å². The van der Waals surface area contributed by atoms with Gasteiger partial charge in [0.2, 0.25) is 0 Å². The van der Waals surface area contributed by atoms with Crippen molar-refractivity contribution in [3.05, 3.63) is 51.5 Å². The summed E-state index contributed by atoms with van der Waals surface area (Å²) in [5, 5.41) is 2.09. The van der Waals surface area contributed by atoms with E-state index in [1.165, 1.54) is 16.5 Å². The van der Waals surface area contributed by atoms with Gasteiger partial charge >= 0.3 is 0 Å². The van der Waals surface area contributed by atoms with Crippen molar-refractivity contribution >= 4 is 23.3 Å². The van der Waals surface area contributed by atoms with Gasteiger partial charge in [-0.25, -0.2) is 4.39 Å². The molecule has 4 heteroatoms. The number of thiophene rings is 1. The SMILES string of the molecule is CC1c2ccsc2CCN1c1ccc(C=O)cc1F. The third kappa shape index (κ3) is 2.06. The predicted molar refractivity (Wildman–Crippen MR) is 75.6 cm³/mol. The number of benzene rings is 1. The normalized spacial score (nSPS) is 18.2. The van der Waals surface area contributed by atoms with Crippen LogP contribution in [0, 0.1) is 5.82 Å². The number of carbonyl (C=O) groups excluding carboxylic acids is 1. The third-order valence-electron chi connectivity index (χ3n) is 3.69. The Kier molecular flexibility index (Phi) is 3.11. The maximum absolute atomic E-state index is 14.1. The van der Waals surface area contributed by atoms with Gasteiger partial charge in [0, 0.05) is 17.0 Å². The van der Waals surface area contributed by atoms with E-state index in [1.54, 1.807) is 23.5 Å². The van der Waals surface area contributed by atoms with E-state index in [0.717, 1.165) is 13.0 Å². The van der Waals surface area contributed by atoms with Crippen LogP contribution in [0.5, 0.6) is 0 Å². The molecule has 2 aromatic rings. The molecule has 0 radical (unpaired) electrons. The van der Waals surface area contributed by atoms with Gasteiger partial charge < -0.3 is 4.90 Å². The van der Waals surface area contributed by atoms with E-state index in [4.69, 9.17) is 0 Å². The topological polar surface area (TPSA) is 20.3 Å². The summed E-state index contributed by atoms with van der Waals surface area (Å²) in [5.41, 5.74) is 2.24. The Morgan fingerprint density at radius 1 is 1.42 bits per heavy atom. The van der Waals surface area contributed by atoms with Crippen LogP contribution in [0.25, 0.3) is 0 Å². The van der Waals surface area contributed by atoms with E-state index in [1.807, 2.05) is 0 Å². The number of aldehydes is 1. The molecule has 0 fully saturated rings. The average molecular weight is 275 g/mol. The van der Waals surface area contributed by atoms with Gasteiger partial charge in [-0.1, -0.05) is 0 Å². The molecule has 1 aliphatic heterocycles. The van der Waals surface area contributed by atoms with Crippen molar-refractivity contribution in [2.45, 2.75) is 19.4 Å². The lowest BCUT2D eigenvalue weighted by Crippen LogP contribution is -2.33. The standard InChI is InChI=1S/C15H14FNOS/c1-10-12-5-7-19-15(12)4-6-17(10)14-3-2-11(9-18)8-13(14)16/h2-3,5,7-10H,4,6H2,1H3. The smallest absolute Gasteiger partial charge is 0.150 e. The molecule has 0 aliphatic carbocycles. The highest BCUT2D eigenvalue weighted by Gasteiger charge is 2.26. The van der Waals surface area contributed by atoms with E-state index >= 15 is 0 Å². The van der Waals surface area contributed by atoms with Crippen molar-refractivity contribution in [2.75, 3.05) is 11.4 Å². The highest BCUT2D eigenvalue weighted by molar-refractivity contribution is 7.10. The summed E-state index contributed by atoms with van der Waals surface area (Å²) in [5.74, 6) is -0.324. The maximum Gasteiger partial charge on any atom is 0.150 e. The number of fused-ring (bicyclic) bond motifs is 1. The minimum atomic E-state index is -0.324. The lowest BCUT2D eigenvalue weighted by atomic mass is 10.0. The van der Waals surface area contributed by atoms with Crippen LogP contribution < -0.4 is 4.90 Å². The van der Waals surface area contributed by atoms with Crippen molar-refractivity contribution in [1.82, 2.24) is 0 Å². The fourth-order valence-corrected chi connectivity index (χ4v) is 3.63. The fourth-order valence-electron chi connectivity index (χ4n) is 2.67. The van der Waals surface area contributed by atoms with Crippen LogP contribution >= 0.6 is 11.3 Å². The number of hydrogen-bond acceptors (Lipinski definition) is 3. The second kappa shape index (κ2) is 4.78. The summed E-state index contributed by atoms with van der Waals surface area (Å²) in [6, 6.07) is 6.97. The third-order valence-corrected chi connectivity index (χ3v) is 4.69. The molecule has 1 aromatic heterocycles. The zero-order valence-corrected chi connectivity index (χ0v) is 11.4. The Morgan fingerprint density at radius 3 is 3.00 bits per heavy atom. The zero-order valence-electron chi connectivity index (χ0n) is 10.6. The van der Waals surface area contributed by atoms with Crippen molar-refractivity contribution in [3.8, 4) is 0 Å². The molecular weight excluding hydrogens is 261 g/mol. The number of hydrogen-bond donors (Lipinski definition) is 0. The number of rotatable bonds is 2. The van der Waals surface area contributed by atoms with Gasteiger partial charge in [0.1, 0.15) is 12.1 Å². The van der Waals surface area contributed by atoms with E-state index in [0.29, 0.717) is 17.5 Å². The number of nitrogens with zero attached hydrogens (tertiary/aromatic N) is 1. The highest BCUT2D eigenvalue weighted by Crippen LogP contribution is 2.36. The van der Waals surface area contributed by atoms with Gasteiger partial charge in [-0.15, -0.1) is 11.3 Å². The van der Waals surface area contributed by atoms with Gasteiger partial charge in [0.25, 0.3) is 0 Å². The molecule has 0 bridgehead atoms. The van der Waals surface area contributed by atoms with Crippen molar-refractivity contribution in [1.29, 1.82) is 0 Å². The Bertz CT molecular complexity index is 622. The first-order valence-electron chi connectivity index (χ1n) is 6.28. The van der Waals surface area contributed by atoms with Crippen molar-refractivity contribution in [3.63, 3.8) is 0 Å². The zero-order chi connectivity index (χ0) is 13.4. The average Bonchev–Trinajstić information content (AvgIpc) is 2.89. The monoisotopic (exact) mass is 275 g/mol. The van der Waals surface area contributed by atoms with Gasteiger partial charge in [0.15, 0.2) is 0 Å². The molecule has 0 spiro atoms. The van der Waals surface area contributed by atoms with Crippen LogP contribution in [0.3, 0.4) is 0 Å². The second-order valence-electron chi connectivity index (χ2n) is 4.75. The summed E-state index contributed by atoms with van der Waals surface area (Å²) in [6.45, 7) is 2.91. The van der Waals surface area contributed by atoms with E-state index in [9.17, 15) is 9.18 Å². The van der Waals surface area contributed by atoms with Crippen LogP contribution in [-0.2, 0) is 6.42 Å². The number of carbonyl (C=O) groups is 1. The Balaban J connectivity index is 1.98. The van der Waals surface area contributed by atoms with Crippen LogP contribution in [0.4, 0.5) is 10.1 Å². The van der Waals surface area contributed by atoms with Crippen molar-refractivity contribution in [2.24, 2.45) is 0 Å². The lowest BCUT2D eigenvalue weighted by molar-refractivity contribution is 0.112. The minimum Gasteiger partial charge on any atom is -0.362 e. The quantitative estimate of drug-likeness (QED) is 0.776. The lowest BCUT2D eigenvalue weighted by Gasteiger charge is -2.35. The molecule has 1 atom stereocenters. The van der Waals surface area contributed by atoms with Crippen molar-refractivity contribution < 1.29 is 9.18 Å². The Hall–Kier alpha value is -1.68. The molecule has 1 aliphatic rings. The van der Waals surface area contributed by atoms with E-state index < -0.39 is 0 Å². The molecule has 0 saturated carbocycles. The number of halogens is 1. The molecular formula is C15H14FNOS. The first-order valence-corrected chi connectivity index (χ1v) is 7.16. The molecule has 1 aromatic carbocycles. The molecule has 2 nitrogen and oxygen atoms in total. The van der Waals surface area contributed by atoms with Gasteiger partial charge in [-0.05, 0) is 48.6 Å². The largest absolute Gasteiger partial charge is 0.362 e. The Morgan fingerprint density at radius 2 is 2.26 bits per heavy atom. The molecule has 98 valence electrons. The molecule has 0 saturated heterocycles. The molecule has 1 unspecified atom stereocenters. The fraction of sp³-hybridized carbons (Fsp3) is 0.267. The van der Waals surface area contributed by atoms with E-state index in [-0.39, 0.29) is 11.9 Å². The van der Waals surface area contributed by atoms with E-state index in [2.05, 4.69) is 23.3 Å². The maximum atomic E-state index is 14.1. The second-order valence-corrected chi connectivity index (χ2v) is 5.75. The minimum absolute atomic E-state index is 0.173. The van der Waals surface area contributed by atoms with Gasteiger partial charge in [0.05, 0.1) is 11.7 Å². The van der Waals surface area contributed by atoms with Gasteiger partial charge in [-0.2, -0.15) is 0 Å². The van der Waals surface area contributed by atoms with Crippen LogP contribution in [0.2, 0.25) is 0 Å². The van der Waals surface area contributed by atoms with Crippen LogP contribution in [0.1, 0.15) is 33.8 Å². The molecule has 3 rings (SSSR count). The highest BCUT2D eigenvalue weighted by atomic mass is 32.1. The summed E-state index contributed by atoms with van der Waals surface area (Å²) in [6.07, 6.45) is 1.62. The molecule has 2 heterocycles. The Labute approximate surface area is 115 Å². The summed E-state index contributed by atoms with van der Waals surface area (Å²) >= 11 is 1.77. The molecule has 0 N–H and O–H groups in total. The number of anilines is 1. The van der Waals surface area contributed by atoms with Gasteiger partial charge in [-0.3, -0.25) is 4.79 Å². The first-order chi connectivity index (χ1) is 9.20. The van der Waals surface area contributed by atoms with Crippen LogP contribution in [0.15, 0.2) is 29.6 Å². The molecule has 0 amide bonds. The predicted octanol–water partition coefficient (Wildman–Crippen LogP) is 3.82. The first kappa shape index (κ1) is 12.4. The summed E-state index contributed by atoms with van der Waals surface area (Å²) < 4.78 is 14.1.